The van der Waals surface area contributed by atoms with E-state index in [0.29, 0.717) is 27.4 Å². The molecule has 33 heavy (non-hydrogen) atoms. The van der Waals surface area contributed by atoms with Crippen LogP contribution in [0.5, 0.6) is 0 Å². The Morgan fingerprint density at radius 3 is 2.36 bits per heavy atom. The van der Waals surface area contributed by atoms with Crippen LogP contribution in [0, 0.1) is 0 Å². The van der Waals surface area contributed by atoms with Crippen LogP contribution in [0.2, 0.25) is 15.1 Å². The fraction of sp³-hybridized carbons (Fsp3) is 0.440. The minimum Gasteiger partial charge on any atom is -0.352 e. The largest absolute Gasteiger partial charge is 0.352 e. The maximum absolute atomic E-state index is 13.2. The molecule has 1 aliphatic carbocycles. The Balaban J connectivity index is 1.65. The van der Waals surface area contributed by atoms with E-state index in [-0.39, 0.29) is 23.6 Å². The van der Waals surface area contributed by atoms with Crippen LogP contribution in [0.15, 0.2) is 42.5 Å². The summed E-state index contributed by atoms with van der Waals surface area (Å²) in [6, 6.07) is 12.3. The van der Waals surface area contributed by atoms with E-state index in [1.54, 1.807) is 36.1 Å². The summed E-state index contributed by atoms with van der Waals surface area (Å²) < 4.78 is 0. The summed E-state index contributed by atoms with van der Waals surface area (Å²) in [5.41, 5.74) is 1.85. The van der Waals surface area contributed by atoms with Gasteiger partial charge in [-0.15, -0.1) is 11.8 Å². The van der Waals surface area contributed by atoms with Crippen LogP contribution in [0.4, 0.5) is 0 Å². The van der Waals surface area contributed by atoms with Gasteiger partial charge in [-0.1, -0.05) is 72.3 Å². The third-order valence-electron chi connectivity index (χ3n) is 5.88. The number of nitrogens with zero attached hydrogens (tertiary/aromatic N) is 1. The van der Waals surface area contributed by atoms with Crippen molar-refractivity contribution < 1.29 is 9.59 Å². The molecular formula is C25H29Cl3N2O2S. The Morgan fingerprint density at radius 2 is 1.70 bits per heavy atom. The highest BCUT2D eigenvalue weighted by atomic mass is 35.5. The number of amides is 2. The molecule has 1 fully saturated rings. The smallest absolute Gasteiger partial charge is 0.242 e. The van der Waals surface area contributed by atoms with Crippen molar-refractivity contribution in [3.63, 3.8) is 0 Å². The lowest BCUT2D eigenvalue weighted by Gasteiger charge is -2.31. The maximum Gasteiger partial charge on any atom is 0.242 e. The third kappa shape index (κ3) is 8.10. The van der Waals surface area contributed by atoms with Gasteiger partial charge in [0.25, 0.3) is 0 Å². The lowest BCUT2D eigenvalue weighted by Crippen LogP contribution is -2.50. The number of nitrogens with one attached hydrogen (secondary N) is 1. The monoisotopic (exact) mass is 526 g/mol. The highest BCUT2D eigenvalue weighted by molar-refractivity contribution is 7.99. The van der Waals surface area contributed by atoms with Crippen LogP contribution in [0.1, 0.15) is 50.2 Å². The molecule has 0 aliphatic heterocycles. The molecule has 0 bridgehead atoms. The van der Waals surface area contributed by atoms with Gasteiger partial charge < -0.3 is 10.2 Å². The maximum atomic E-state index is 13.2. The molecule has 1 atom stereocenters. The van der Waals surface area contributed by atoms with Crippen molar-refractivity contribution in [2.24, 2.45) is 0 Å². The number of hydrogen-bond donors (Lipinski definition) is 1. The zero-order valence-electron chi connectivity index (χ0n) is 18.7. The van der Waals surface area contributed by atoms with Gasteiger partial charge in [-0.25, -0.2) is 0 Å². The molecule has 0 heterocycles. The van der Waals surface area contributed by atoms with Gasteiger partial charge in [0.05, 0.1) is 5.75 Å². The normalized spacial score (nSPS) is 15.2. The second-order valence-electron chi connectivity index (χ2n) is 8.40. The van der Waals surface area contributed by atoms with Crippen LogP contribution in [-0.2, 0) is 21.9 Å². The second-order valence-corrected chi connectivity index (χ2v) is 10.7. The highest BCUT2D eigenvalue weighted by Crippen LogP contribution is 2.25. The van der Waals surface area contributed by atoms with Gasteiger partial charge >= 0.3 is 0 Å². The molecule has 1 aliphatic rings. The molecule has 178 valence electrons. The summed E-state index contributed by atoms with van der Waals surface area (Å²) in [6.45, 7) is 2.14. The number of carbonyl (C=O) groups is 2. The van der Waals surface area contributed by atoms with Gasteiger partial charge in [0, 0.05) is 33.4 Å². The van der Waals surface area contributed by atoms with Gasteiger partial charge in [0.1, 0.15) is 6.04 Å². The van der Waals surface area contributed by atoms with E-state index in [1.807, 2.05) is 18.2 Å². The van der Waals surface area contributed by atoms with Crippen molar-refractivity contribution in [3.05, 3.63) is 68.7 Å². The predicted octanol–water partition coefficient (Wildman–Crippen LogP) is 6.75. The van der Waals surface area contributed by atoms with Crippen molar-refractivity contribution in [2.45, 2.75) is 63.4 Å². The minimum absolute atomic E-state index is 0.0914. The second kappa shape index (κ2) is 12.9. The first-order valence-corrected chi connectivity index (χ1v) is 13.5. The van der Waals surface area contributed by atoms with Crippen molar-refractivity contribution in [2.75, 3.05) is 5.75 Å². The average molecular weight is 528 g/mol. The Bertz CT molecular complexity index is 949. The fourth-order valence-electron chi connectivity index (χ4n) is 3.91. The van der Waals surface area contributed by atoms with Gasteiger partial charge in [-0.3, -0.25) is 9.59 Å². The molecule has 2 aromatic carbocycles. The molecule has 0 saturated heterocycles. The standard InChI is InChI=1S/C25H29Cl3N2O2S/c1-17(25(32)29-22-5-3-2-4-6-22)30(14-18-7-10-20(26)11-8-18)24(31)16-33-15-19-9-12-21(27)13-23(19)28/h7-13,17,22H,2-6,14-16H2,1H3,(H,29,32)/t17-/m0/s1. The van der Waals surface area contributed by atoms with Crippen molar-refractivity contribution in [3.8, 4) is 0 Å². The van der Waals surface area contributed by atoms with E-state index < -0.39 is 6.04 Å². The first-order chi connectivity index (χ1) is 15.8. The van der Waals surface area contributed by atoms with E-state index in [4.69, 9.17) is 34.8 Å². The predicted molar refractivity (Wildman–Crippen MR) is 139 cm³/mol. The van der Waals surface area contributed by atoms with E-state index >= 15 is 0 Å². The van der Waals surface area contributed by atoms with Crippen LogP contribution in [0.3, 0.4) is 0 Å². The van der Waals surface area contributed by atoms with Crippen molar-refractivity contribution in [1.29, 1.82) is 0 Å². The van der Waals surface area contributed by atoms with Gasteiger partial charge in [-0.2, -0.15) is 0 Å². The molecule has 0 unspecified atom stereocenters. The number of carbonyl (C=O) groups excluding carboxylic acids is 2. The zero-order valence-corrected chi connectivity index (χ0v) is 21.7. The van der Waals surface area contributed by atoms with Crippen LogP contribution in [0.25, 0.3) is 0 Å². The summed E-state index contributed by atoms with van der Waals surface area (Å²) in [5, 5.41) is 4.95. The van der Waals surface area contributed by atoms with Crippen molar-refractivity contribution in [1.82, 2.24) is 10.2 Å². The highest BCUT2D eigenvalue weighted by Gasteiger charge is 2.28. The Labute approximate surface area is 215 Å². The molecule has 4 nitrogen and oxygen atoms in total. The first kappa shape index (κ1) is 26.2. The fourth-order valence-corrected chi connectivity index (χ4v) is 5.50. The molecule has 0 spiro atoms. The summed E-state index contributed by atoms with van der Waals surface area (Å²) in [5.74, 6) is 0.633. The molecule has 0 radical (unpaired) electrons. The van der Waals surface area contributed by atoms with Crippen LogP contribution >= 0.6 is 46.6 Å². The number of benzene rings is 2. The summed E-state index contributed by atoms with van der Waals surface area (Å²) in [6.07, 6.45) is 5.49. The van der Waals surface area contributed by atoms with Crippen LogP contribution in [-0.4, -0.2) is 34.6 Å². The number of halogens is 3. The number of rotatable bonds is 9. The summed E-state index contributed by atoms with van der Waals surface area (Å²) >= 11 is 19.7. The molecule has 3 rings (SSSR count). The van der Waals surface area contributed by atoms with E-state index in [1.165, 1.54) is 18.2 Å². The third-order valence-corrected chi connectivity index (χ3v) is 7.69. The van der Waals surface area contributed by atoms with E-state index in [9.17, 15) is 9.59 Å². The quantitative estimate of drug-likeness (QED) is 0.392. The Hall–Kier alpha value is -1.40. The SMILES string of the molecule is C[C@@H](C(=O)NC1CCCCC1)N(Cc1ccc(Cl)cc1)C(=O)CSCc1ccc(Cl)cc1Cl. The van der Waals surface area contributed by atoms with E-state index in [0.717, 1.165) is 36.8 Å². The molecular weight excluding hydrogens is 499 g/mol. The topological polar surface area (TPSA) is 49.4 Å². The lowest BCUT2D eigenvalue weighted by molar-refractivity contribution is -0.139. The zero-order chi connectivity index (χ0) is 23.8. The first-order valence-electron chi connectivity index (χ1n) is 11.2. The minimum atomic E-state index is -0.574. The Morgan fingerprint density at radius 1 is 1.03 bits per heavy atom. The number of hydrogen-bond acceptors (Lipinski definition) is 3. The molecule has 2 amide bonds. The summed E-state index contributed by atoms with van der Waals surface area (Å²) in [4.78, 5) is 27.9. The summed E-state index contributed by atoms with van der Waals surface area (Å²) in [7, 11) is 0. The molecule has 1 N–H and O–H groups in total. The lowest BCUT2D eigenvalue weighted by atomic mass is 9.95. The Kier molecular flexibility index (Phi) is 10.2. The van der Waals surface area contributed by atoms with Gasteiger partial charge in [-0.05, 0) is 55.2 Å². The average Bonchev–Trinajstić information content (AvgIpc) is 2.80. The van der Waals surface area contributed by atoms with E-state index in [2.05, 4.69) is 5.32 Å². The van der Waals surface area contributed by atoms with Crippen LogP contribution < -0.4 is 5.32 Å². The molecule has 0 aromatic heterocycles. The van der Waals surface area contributed by atoms with Gasteiger partial charge in [0.2, 0.25) is 11.8 Å². The van der Waals surface area contributed by atoms with Crippen molar-refractivity contribution >= 4 is 58.4 Å². The molecule has 1 saturated carbocycles. The number of thioether (sulfide) groups is 1. The van der Waals surface area contributed by atoms with Gasteiger partial charge in [0.15, 0.2) is 0 Å². The molecule has 8 heteroatoms. The molecule has 2 aromatic rings.